The fourth-order valence-electron chi connectivity index (χ4n) is 2.78. The van der Waals surface area contributed by atoms with Crippen molar-refractivity contribution in [3.05, 3.63) is 12.4 Å². The number of nitrogens with zero attached hydrogens (tertiary/aromatic N) is 4. The predicted octanol–water partition coefficient (Wildman–Crippen LogP) is -0.638. The van der Waals surface area contributed by atoms with Crippen molar-refractivity contribution in [3.63, 3.8) is 0 Å². The molecular formula is C11H15N5O6S. The normalized spacial score (nSPS) is 24.2. The molecule has 0 spiro atoms. The van der Waals surface area contributed by atoms with Crippen molar-refractivity contribution in [1.29, 1.82) is 0 Å². The molecule has 12 heteroatoms. The number of urea groups is 1. The molecule has 2 unspecified atom stereocenters. The van der Waals surface area contributed by atoms with Crippen LogP contribution in [-0.2, 0) is 26.5 Å². The number of carbonyl (C=O) groups excluding carboxylic acids is 2. The van der Waals surface area contributed by atoms with Gasteiger partial charge in [0.15, 0.2) is 0 Å². The fraction of sp³-hybridized carbons (Fsp3) is 0.545. The number of hydrogen-bond acceptors (Lipinski definition) is 6. The lowest BCUT2D eigenvalue weighted by Gasteiger charge is -2.29. The van der Waals surface area contributed by atoms with Crippen molar-refractivity contribution < 1.29 is 26.8 Å². The number of rotatable bonds is 4. The first-order valence-electron chi connectivity index (χ1n) is 6.81. The molecule has 0 aromatic carbocycles. The summed E-state index contributed by atoms with van der Waals surface area (Å²) >= 11 is 0. The molecule has 0 saturated carbocycles. The number of aryl methyl sites for hydroxylation is 1. The number of hydroxylamine groups is 2. The summed E-state index contributed by atoms with van der Waals surface area (Å²) in [5.41, 5.74) is 0. The van der Waals surface area contributed by atoms with Gasteiger partial charge in [-0.15, -0.1) is 4.28 Å². The largest absolute Gasteiger partial charge is 0.418 e. The molecule has 1 aromatic rings. The Bertz CT molecular complexity index is 746. The zero-order valence-electron chi connectivity index (χ0n) is 12.1. The summed E-state index contributed by atoms with van der Waals surface area (Å²) in [6.07, 6.45) is 3.90. The molecule has 11 nitrogen and oxygen atoms in total. The van der Waals surface area contributed by atoms with E-state index < -0.39 is 34.4 Å². The number of piperidine rings is 1. The van der Waals surface area contributed by atoms with Crippen LogP contribution in [-0.4, -0.2) is 63.1 Å². The van der Waals surface area contributed by atoms with Gasteiger partial charge in [0, 0.05) is 26.0 Å². The van der Waals surface area contributed by atoms with Gasteiger partial charge in [-0.05, 0) is 12.8 Å². The molecule has 3 heterocycles. The Kier molecular flexibility index (Phi) is 3.74. The van der Waals surface area contributed by atoms with E-state index in [-0.39, 0.29) is 6.54 Å². The molecule has 0 aliphatic carbocycles. The van der Waals surface area contributed by atoms with E-state index in [1.165, 1.54) is 11.1 Å². The van der Waals surface area contributed by atoms with Gasteiger partial charge in [0.1, 0.15) is 6.04 Å². The van der Waals surface area contributed by atoms with Gasteiger partial charge in [0.05, 0.1) is 6.04 Å². The lowest BCUT2D eigenvalue weighted by molar-refractivity contribution is -0.121. The summed E-state index contributed by atoms with van der Waals surface area (Å²) in [4.78, 5) is 29.8. The molecule has 2 N–H and O–H groups in total. The maximum Gasteiger partial charge on any atom is 0.418 e. The number of aromatic nitrogens is 2. The predicted molar refractivity (Wildman–Crippen MR) is 75.2 cm³/mol. The summed E-state index contributed by atoms with van der Waals surface area (Å²) in [7, 11) is -3.09. The Balaban J connectivity index is 1.73. The summed E-state index contributed by atoms with van der Waals surface area (Å²) in [6.45, 7) is 0.146. The molecule has 2 aliphatic heterocycles. The maximum atomic E-state index is 12.4. The summed E-state index contributed by atoms with van der Waals surface area (Å²) in [5.74, 6) is -0.0744. The van der Waals surface area contributed by atoms with E-state index in [9.17, 15) is 18.0 Å². The van der Waals surface area contributed by atoms with Crippen molar-refractivity contribution in [2.24, 2.45) is 7.05 Å². The van der Waals surface area contributed by atoms with Crippen molar-refractivity contribution in [2.45, 2.75) is 24.9 Å². The number of hydrogen-bond donors (Lipinski definition) is 2. The molecule has 0 radical (unpaired) electrons. The van der Waals surface area contributed by atoms with Gasteiger partial charge in [0.2, 0.25) is 11.9 Å². The van der Waals surface area contributed by atoms with E-state index in [1.807, 2.05) is 0 Å². The molecule has 126 valence electrons. The number of imidazole rings is 1. The van der Waals surface area contributed by atoms with Crippen LogP contribution in [0.4, 0.5) is 10.7 Å². The Morgan fingerprint density at radius 1 is 1.48 bits per heavy atom. The second kappa shape index (κ2) is 5.47. The highest BCUT2D eigenvalue weighted by atomic mass is 32.3. The SMILES string of the molecule is Cn1ccnc1NC(=O)C1CCC2CN1C(=O)N2OS(=O)(=O)O. The summed E-state index contributed by atoms with van der Waals surface area (Å²) < 4.78 is 36.3. The highest BCUT2D eigenvalue weighted by Gasteiger charge is 2.49. The molecule has 23 heavy (non-hydrogen) atoms. The van der Waals surface area contributed by atoms with E-state index in [2.05, 4.69) is 14.6 Å². The Hall–Kier alpha value is -2.18. The smallest absolute Gasteiger partial charge is 0.320 e. The molecule has 2 saturated heterocycles. The van der Waals surface area contributed by atoms with Gasteiger partial charge in [-0.25, -0.2) is 9.78 Å². The molecule has 3 amide bonds. The lowest BCUT2D eigenvalue weighted by Crippen LogP contribution is -2.47. The minimum Gasteiger partial charge on any atom is -0.320 e. The Labute approximate surface area is 131 Å². The zero-order valence-corrected chi connectivity index (χ0v) is 12.9. The Morgan fingerprint density at radius 2 is 2.22 bits per heavy atom. The van der Waals surface area contributed by atoms with Gasteiger partial charge in [-0.1, -0.05) is 0 Å². The Morgan fingerprint density at radius 3 is 2.83 bits per heavy atom. The monoisotopic (exact) mass is 345 g/mol. The van der Waals surface area contributed by atoms with Crippen molar-refractivity contribution in [2.75, 3.05) is 11.9 Å². The van der Waals surface area contributed by atoms with Crippen LogP contribution in [0.15, 0.2) is 12.4 Å². The van der Waals surface area contributed by atoms with Crippen LogP contribution in [0.5, 0.6) is 0 Å². The van der Waals surface area contributed by atoms with Crippen LogP contribution in [0.1, 0.15) is 12.8 Å². The van der Waals surface area contributed by atoms with Crippen molar-refractivity contribution >= 4 is 28.3 Å². The first-order chi connectivity index (χ1) is 10.8. The number of nitrogens with one attached hydrogen (secondary N) is 1. The number of amides is 3. The zero-order chi connectivity index (χ0) is 16.8. The van der Waals surface area contributed by atoms with E-state index in [0.29, 0.717) is 23.9 Å². The van der Waals surface area contributed by atoms with Crippen molar-refractivity contribution in [1.82, 2.24) is 19.5 Å². The van der Waals surface area contributed by atoms with E-state index in [4.69, 9.17) is 4.55 Å². The fourth-order valence-corrected chi connectivity index (χ4v) is 3.17. The molecule has 2 fully saturated rings. The molecule has 2 bridgehead atoms. The highest BCUT2D eigenvalue weighted by molar-refractivity contribution is 7.80. The molecule has 1 aromatic heterocycles. The summed E-state index contributed by atoms with van der Waals surface area (Å²) in [6, 6.07) is -2.06. The maximum absolute atomic E-state index is 12.4. The number of carbonyl (C=O) groups is 2. The molecule has 3 rings (SSSR count). The van der Waals surface area contributed by atoms with Crippen LogP contribution in [0.25, 0.3) is 0 Å². The van der Waals surface area contributed by atoms with Gasteiger partial charge >= 0.3 is 16.4 Å². The number of anilines is 1. The van der Waals surface area contributed by atoms with Gasteiger partial charge in [0.25, 0.3) is 0 Å². The van der Waals surface area contributed by atoms with Gasteiger partial charge in [-0.2, -0.15) is 13.5 Å². The van der Waals surface area contributed by atoms with Crippen LogP contribution in [0, 0.1) is 0 Å². The molecule has 2 aliphatic rings. The third-order valence-corrected chi connectivity index (χ3v) is 4.21. The summed E-state index contributed by atoms with van der Waals surface area (Å²) in [5, 5.41) is 3.22. The minimum absolute atomic E-state index is 0.146. The second-order valence-electron chi connectivity index (χ2n) is 5.36. The first-order valence-corrected chi connectivity index (χ1v) is 8.18. The second-order valence-corrected chi connectivity index (χ2v) is 6.37. The molecular weight excluding hydrogens is 330 g/mol. The van der Waals surface area contributed by atoms with E-state index >= 15 is 0 Å². The average molecular weight is 345 g/mol. The van der Waals surface area contributed by atoms with Crippen LogP contribution in [0.3, 0.4) is 0 Å². The highest BCUT2D eigenvalue weighted by Crippen LogP contribution is 2.31. The van der Waals surface area contributed by atoms with Crippen molar-refractivity contribution in [3.8, 4) is 0 Å². The lowest BCUT2D eigenvalue weighted by atomic mass is 10.0. The topological polar surface area (TPSA) is 134 Å². The first kappa shape index (κ1) is 15.7. The van der Waals surface area contributed by atoms with Crippen LogP contribution < -0.4 is 5.32 Å². The van der Waals surface area contributed by atoms with E-state index in [1.54, 1.807) is 17.8 Å². The third kappa shape index (κ3) is 3.00. The number of fused-ring (bicyclic) bond motifs is 2. The standard InChI is InChI=1S/C11H15N5O6S/c1-14-5-4-12-10(14)13-9(17)8-3-2-7-6-15(8)11(18)16(7)22-23(19,20)21/h4-5,7-8H,2-3,6H2,1H3,(H,12,13,17)(H,19,20,21). The average Bonchev–Trinajstić information content (AvgIpc) is 2.96. The molecule has 2 atom stereocenters. The van der Waals surface area contributed by atoms with Crippen LogP contribution >= 0.6 is 0 Å². The van der Waals surface area contributed by atoms with Crippen LogP contribution in [0.2, 0.25) is 0 Å². The minimum atomic E-state index is -4.80. The third-order valence-electron chi connectivity index (χ3n) is 3.86. The van der Waals surface area contributed by atoms with E-state index in [0.717, 1.165) is 0 Å². The van der Waals surface area contributed by atoms with Gasteiger partial charge in [-0.3, -0.25) is 14.7 Å². The van der Waals surface area contributed by atoms with Gasteiger partial charge < -0.3 is 9.47 Å². The quantitative estimate of drug-likeness (QED) is 0.693.